The van der Waals surface area contributed by atoms with Crippen molar-refractivity contribution in [3.05, 3.63) is 59.2 Å². The zero-order chi connectivity index (χ0) is 19.6. The number of nitrogens with one attached hydrogen (secondary N) is 1. The highest BCUT2D eigenvalue weighted by Crippen LogP contribution is 2.24. The van der Waals surface area contributed by atoms with E-state index >= 15 is 0 Å². The van der Waals surface area contributed by atoms with E-state index in [0.29, 0.717) is 26.2 Å². The van der Waals surface area contributed by atoms with Crippen LogP contribution in [0.4, 0.5) is 20.2 Å². The standard InChI is InChI=1S/C20H21F2N3O2/c1-13-4-3-5-18(14(13)2)24-8-10-25(11-9-24)20(27)19(26)23-15-6-7-16(21)17(22)12-15/h3-7,12H,8-11H2,1-2H3,(H,23,26). The maximum atomic E-state index is 13.2. The van der Waals surface area contributed by atoms with Crippen molar-refractivity contribution in [1.82, 2.24) is 4.90 Å². The van der Waals surface area contributed by atoms with Crippen molar-refractivity contribution in [2.75, 3.05) is 36.4 Å². The van der Waals surface area contributed by atoms with E-state index in [4.69, 9.17) is 0 Å². The van der Waals surface area contributed by atoms with E-state index < -0.39 is 23.4 Å². The molecule has 3 rings (SSSR count). The van der Waals surface area contributed by atoms with Gasteiger partial charge in [0.25, 0.3) is 0 Å². The Balaban J connectivity index is 1.60. The summed E-state index contributed by atoms with van der Waals surface area (Å²) in [4.78, 5) is 28.1. The average molecular weight is 373 g/mol. The van der Waals surface area contributed by atoms with Crippen molar-refractivity contribution in [3.8, 4) is 0 Å². The first-order valence-electron chi connectivity index (χ1n) is 8.73. The summed E-state index contributed by atoms with van der Waals surface area (Å²) < 4.78 is 26.2. The average Bonchev–Trinajstić information content (AvgIpc) is 2.66. The topological polar surface area (TPSA) is 52.7 Å². The predicted molar refractivity (Wildman–Crippen MR) is 99.7 cm³/mol. The number of anilines is 2. The van der Waals surface area contributed by atoms with Crippen LogP contribution in [0.2, 0.25) is 0 Å². The van der Waals surface area contributed by atoms with Gasteiger partial charge in [0.05, 0.1) is 0 Å². The van der Waals surface area contributed by atoms with E-state index in [0.717, 1.165) is 17.8 Å². The molecule has 0 spiro atoms. The summed E-state index contributed by atoms with van der Waals surface area (Å²) in [6.07, 6.45) is 0. The van der Waals surface area contributed by atoms with Crippen LogP contribution in [0, 0.1) is 25.5 Å². The Morgan fingerprint density at radius 3 is 2.33 bits per heavy atom. The fourth-order valence-corrected chi connectivity index (χ4v) is 3.13. The summed E-state index contributed by atoms with van der Waals surface area (Å²) >= 11 is 0. The third-order valence-corrected chi connectivity index (χ3v) is 4.86. The van der Waals surface area contributed by atoms with Gasteiger partial charge in [-0.2, -0.15) is 0 Å². The smallest absolute Gasteiger partial charge is 0.313 e. The lowest BCUT2D eigenvalue weighted by Crippen LogP contribution is -2.51. The molecule has 2 aromatic carbocycles. The monoisotopic (exact) mass is 373 g/mol. The Morgan fingerprint density at radius 1 is 0.963 bits per heavy atom. The number of benzene rings is 2. The minimum atomic E-state index is -1.08. The number of piperazine rings is 1. The van der Waals surface area contributed by atoms with Crippen LogP contribution in [0.3, 0.4) is 0 Å². The summed E-state index contributed by atoms with van der Waals surface area (Å²) in [5.74, 6) is -3.63. The molecule has 5 nitrogen and oxygen atoms in total. The molecule has 2 aromatic rings. The third kappa shape index (κ3) is 4.07. The maximum absolute atomic E-state index is 13.2. The molecular weight excluding hydrogens is 352 g/mol. The second-order valence-electron chi connectivity index (χ2n) is 6.58. The van der Waals surface area contributed by atoms with Crippen molar-refractivity contribution < 1.29 is 18.4 Å². The SMILES string of the molecule is Cc1cccc(N2CCN(C(=O)C(=O)Nc3ccc(F)c(F)c3)CC2)c1C. The van der Waals surface area contributed by atoms with Crippen LogP contribution >= 0.6 is 0 Å². The Labute approximate surface area is 156 Å². The molecule has 7 heteroatoms. The van der Waals surface area contributed by atoms with E-state index in [-0.39, 0.29) is 5.69 Å². The van der Waals surface area contributed by atoms with Crippen molar-refractivity contribution in [2.24, 2.45) is 0 Å². The zero-order valence-electron chi connectivity index (χ0n) is 15.3. The number of hydrogen-bond acceptors (Lipinski definition) is 3. The van der Waals surface area contributed by atoms with Gasteiger partial charge in [-0.25, -0.2) is 8.78 Å². The van der Waals surface area contributed by atoms with Crippen molar-refractivity contribution >= 4 is 23.2 Å². The summed E-state index contributed by atoms with van der Waals surface area (Å²) in [7, 11) is 0. The van der Waals surface area contributed by atoms with Crippen LogP contribution in [0.25, 0.3) is 0 Å². The lowest BCUT2D eigenvalue weighted by Gasteiger charge is -2.36. The second-order valence-corrected chi connectivity index (χ2v) is 6.58. The van der Waals surface area contributed by atoms with Gasteiger partial charge in [-0.05, 0) is 43.2 Å². The summed E-state index contributed by atoms with van der Waals surface area (Å²) in [6.45, 7) is 6.19. The number of amides is 2. The van der Waals surface area contributed by atoms with Crippen LogP contribution in [0.15, 0.2) is 36.4 Å². The summed E-state index contributed by atoms with van der Waals surface area (Å²) in [5.41, 5.74) is 3.58. The second kappa shape index (κ2) is 7.73. The van der Waals surface area contributed by atoms with E-state index in [1.54, 1.807) is 0 Å². The molecule has 142 valence electrons. The van der Waals surface area contributed by atoms with Crippen LogP contribution in [0.1, 0.15) is 11.1 Å². The summed E-state index contributed by atoms with van der Waals surface area (Å²) in [6, 6.07) is 9.07. The van der Waals surface area contributed by atoms with Gasteiger partial charge in [0.2, 0.25) is 0 Å². The Bertz CT molecular complexity index is 878. The zero-order valence-corrected chi connectivity index (χ0v) is 15.3. The Hall–Kier alpha value is -2.96. The van der Waals surface area contributed by atoms with Gasteiger partial charge in [0.1, 0.15) is 0 Å². The minimum Gasteiger partial charge on any atom is -0.368 e. The van der Waals surface area contributed by atoms with Crippen LogP contribution in [0.5, 0.6) is 0 Å². The highest BCUT2D eigenvalue weighted by molar-refractivity contribution is 6.39. The molecule has 1 aliphatic heterocycles. The fourth-order valence-electron chi connectivity index (χ4n) is 3.13. The first-order valence-corrected chi connectivity index (χ1v) is 8.73. The van der Waals surface area contributed by atoms with Gasteiger partial charge in [-0.15, -0.1) is 0 Å². The number of carbonyl (C=O) groups is 2. The van der Waals surface area contributed by atoms with Gasteiger partial charge < -0.3 is 15.1 Å². The van der Waals surface area contributed by atoms with Gasteiger partial charge in [0, 0.05) is 43.6 Å². The first kappa shape index (κ1) is 18.8. The molecule has 1 saturated heterocycles. The van der Waals surface area contributed by atoms with Crippen molar-refractivity contribution in [1.29, 1.82) is 0 Å². The van der Waals surface area contributed by atoms with E-state index in [1.165, 1.54) is 22.1 Å². The third-order valence-electron chi connectivity index (χ3n) is 4.86. The number of aryl methyl sites for hydroxylation is 1. The molecule has 1 N–H and O–H groups in total. The van der Waals surface area contributed by atoms with Crippen molar-refractivity contribution in [3.63, 3.8) is 0 Å². The highest BCUT2D eigenvalue weighted by Gasteiger charge is 2.27. The molecule has 0 aliphatic carbocycles. The quantitative estimate of drug-likeness (QED) is 0.824. The molecule has 0 bridgehead atoms. The molecule has 1 fully saturated rings. The lowest BCUT2D eigenvalue weighted by molar-refractivity contribution is -0.143. The first-order chi connectivity index (χ1) is 12.9. The van der Waals surface area contributed by atoms with Crippen LogP contribution in [-0.4, -0.2) is 42.9 Å². The molecule has 0 atom stereocenters. The minimum absolute atomic E-state index is 0.0428. The largest absolute Gasteiger partial charge is 0.368 e. The summed E-state index contributed by atoms with van der Waals surface area (Å²) in [5, 5.41) is 2.32. The molecule has 1 aliphatic rings. The normalized spacial score (nSPS) is 14.2. The van der Waals surface area contributed by atoms with Crippen molar-refractivity contribution in [2.45, 2.75) is 13.8 Å². The molecule has 0 unspecified atom stereocenters. The number of rotatable bonds is 2. The molecule has 0 radical (unpaired) electrons. The van der Waals surface area contributed by atoms with E-state index in [2.05, 4.69) is 36.2 Å². The predicted octanol–water partition coefficient (Wildman–Crippen LogP) is 2.87. The number of hydrogen-bond donors (Lipinski definition) is 1. The van der Waals surface area contributed by atoms with Gasteiger partial charge in [0.15, 0.2) is 11.6 Å². The van der Waals surface area contributed by atoms with Crippen LogP contribution < -0.4 is 10.2 Å². The fraction of sp³-hybridized carbons (Fsp3) is 0.300. The number of nitrogens with zero attached hydrogens (tertiary/aromatic N) is 2. The number of halogens is 2. The molecular formula is C20H21F2N3O2. The molecule has 0 aromatic heterocycles. The van der Waals surface area contributed by atoms with Gasteiger partial charge >= 0.3 is 11.8 Å². The van der Waals surface area contributed by atoms with E-state index in [9.17, 15) is 18.4 Å². The van der Waals surface area contributed by atoms with Gasteiger partial charge in [-0.3, -0.25) is 9.59 Å². The lowest BCUT2D eigenvalue weighted by atomic mass is 10.1. The number of carbonyl (C=O) groups excluding carboxylic acids is 2. The molecule has 1 heterocycles. The molecule has 0 saturated carbocycles. The molecule has 2 amide bonds. The maximum Gasteiger partial charge on any atom is 0.313 e. The Morgan fingerprint density at radius 2 is 1.67 bits per heavy atom. The molecule has 27 heavy (non-hydrogen) atoms. The van der Waals surface area contributed by atoms with Crippen LogP contribution in [-0.2, 0) is 9.59 Å². The highest BCUT2D eigenvalue weighted by atomic mass is 19.2. The van der Waals surface area contributed by atoms with Gasteiger partial charge in [-0.1, -0.05) is 12.1 Å². The van der Waals surface area contributed by atoms with E-state index in [1.807, 2.05) is 6.07 Å². The Kier molecular flexibility index (Phi) is 5.39.